The van der Waals surface area contributed by atoms with Gasteiger partial charge in [0.15, 0.2) is 24.2 Å². The number of hydrazine groups is 1. The first-order valence-electron chi connectivity index (χ1n) is 8.63. The van der Waals surface area contributed by atoms with Crippen molar-refractivity contribution >= 4 is 11.8 Å². The van der Waals surface area contributed by atoms with Crippen LogP contribution in [0.25, 0.3) is 0 Å². The molecule has 0 fully saturated rings. The van der Waals surface area contributed by atoms with Gasteiger partial charge in [0.1, 0.15) is 5.75 Å². The van der Waals surface area contributed by atoms with Crippen molar-refractivity contribution in [3.8, 4) is 17.2 Å². The van der Waals surface area contributed by atoms with Gasteiger partial charge in [-0.3, -0.25) is 20.4 Å². The highest BCUT2D eigenvalue weighted by molar-refractivity contribution is 5.85. The van der Waals surface area contributed by atoms with Gasteiger partial charge >= 0.3 is 0 Å². The van der Waals surface area contributed by atoms with E-state index >= 15 is 0 Å². The number of nitrogens with one attached hydrogen (secondary N) is 2. The lowest BCUT2D eigenvalue weighted by atomic mass is 10.2. The van der Waals surface area contributed by atoms with Crippen molar-refractivity contribution in [1.82, 2.24) is 10.9 Å². The quantitative estimate of drug-likeness (QED) is 0.694. The minimum Gasteiger partial charge on any atom is -0.493 e. The van der Waals surface area contributed by atoms with Gasteiger partial charge in [-0.15, -0.1) is 0 Å². The van der Waals surface area contributed by atoms with Crippen LogP contribution in [-0.4, -0.2) is 31.6 Å². The number of rotatable bonds is 8. The maximum absolute atomic E-state index is 12.0. The number of carbonyl (C=O) groups excluding carboxylic acids is 2. The van der Waals surface area contributed by atoms with Crippen molar-refractivity contribution in [2.75, 3.05) is 13.7 Å². The second kappa shape index (κ2) is 10.1. The Hall–Kier alpha value is -3.22. The third-order valence-electron chi connectivity index (χ3n) is 3.77. The zero-order valence-corrected chi connectivity index (χ0v) is 15.7. The van der Waals surface area contributed by atoms with E-state index in [2.05, 4.69) is 17.8 Å². The van der Waals surface area contributed by atoms with Crippen molar-refractivity contribution in [3.05, 3.63) is 54.1 Å². The summed E-state index contributed by atoms with van der Waals surface area (Å²) >= 11 is 0. The maximum Gasteiger partial charge on any atom is 0.279 e. The van der Waals surface area contributed by atoms with Crippen LogP contribution in [0.3, 0.4) is 0 Å². The van der Waals surface area contributed by atoms with Crippen LogP contribution < -0.4 is 25.1 Å². The van der Waals surface area contributed by atoms with E-state index in [0.29, 0.717) is 17.2 Å². The van der Waals surface area contributed by atoms with Crippen molar-refractivity contribution in [1.29, 1.82) is 0 Å². The molecule has 0 heterocycles. The third kappa shape index (κ3) is 6.22. The number of amides is 2. The molecule has 2 rings (SSSR count). The molecule has 27 heavy (non-hydrogen) atoms. The van der Waals surface area contributed by atoms with E-state index in [1.165, 1.54) is 12.7 Å². The lowest BCUT2D eigenvalue weighted by molar-refractivity contribution is -0.133. The number of benzene rings is 2. The number of carbonyl (C=O) groups is 2. The molecule has 2 amide bonds. The second-order valence-electron chi connectivity index (χ2n) is 5.73. The van der Waals surface area contributed by atoms with Gasteiger partial charge in [-0.05, 0) is 43.2 Å². The lowest BCUT2D eigenvalue weighted by Gasteiger charge is -2.15. The molecule has 7 heteroatoms. The Morgan fingerprint density at radius 1 is 1.00 bits per heavy atom. The number of hydrogen-bond donors (Lipinski definition) is 2. The Morgan fingerprint density at radius 2 is 1.67 bits per heavy atom. The molecule has 0 aliphatic rings. The first kappa shape index (κ1) is 20.1. The summed E-state index contributed by atoms with van der Waals surface area (Å²) in [5.41, 5.74) is 5.79. The average Bonchev–Trinajstić information content (AvgIpc) is 2.71. The second-order valence-corrected chi connectivity index (χ2v) is 5.73. The molecule has 2 aromatic rings. The number of ether oxygens (including phenoxy) is 3. The van der Waals surface area contributed by atoms with Crippen molar-refractivity contribution < 1.29 is 23.8 Å². The van der Waals surface area contributed by atoms with E-state index in [-0.39, 0.29) is 6.61 Å². The van der Waals surface area contributed by atoms with Crippen LogP contribution in [0.4, 0.5) is 0 Å². The van der Waals surface area contributed by atoms with Crippen LogP contribution in [0.15, 0.2) is 48.5 Å². The Kier molecular flexibility index (Phi) is 7.49. The van der Waals surface area contributed by atoms with E-state index < -0.39 is 17.9 Å². The van der Waals surface area contributed by atoms with E-state index in [4.69, 9.17) is 14.2 Å². The number of hydrogen-bond acceptors (Lipinski definition) is 5. The van der Waals surface area contributed by atoms with Crippen molar-refractivity contribution in [3.63, 3.8) is 0 Å². The first-order chi connectivity index (χ1) is 13.0. The summed E-state index contributed by atoms with van der Waals surface area (Å²) in [6, 6.07) is 14.5. The van der Waals surface area contributed by atoms with Gasteiger partial charge in [-0.25, -0.2) is 0 Å². The summed E-state index contributed by atoms with van der Waals surface area (Å²) in [6.45, 7) is 3.39. The fourth-order valence-electron chi connectivity index (χ4n) is 2.21. The highest BCUT2D eigenvalue weighted by atomic mass is 16.5. The summed E-state index contributed by atoms with van der Waals surface area (Å²) in [5.74, 6) is 0.564. The molecule has 0 spiro atoms. The molecule has 1 unspecified atom stereocenters. The van der Waals surface area contributed by atoms with Crippen LogP contribution in [0, 0.1) is 0 Å². The molecule has 0 aliphatic carbocycles. The largest absolute Gasteiger partial charge is 0.493 e. The highest BCUT2D eigenvalue weighted by Crippen LogP contribution is 2.25. The van der Waals surface area contributed by atoms with Crippen LogP contribution in [0.2, 0.25) is 0 Å². The minimum absolute atomic E-state index is 0.269. The van der Waals surface area contributed by atoms with Gasteiger partial charge in [0, 0.05) is 0 Å². The van der Waals surface area contributed by atoms with Crippen molar-refractivity contribution in [2.24, 2.45) is 0 Å². The van der Waals surface area contributed by atoms with Crippen LogP contribution in [-0.2, 0) is 16.0 Å². The topological polar surface area (TPSA) is 85.9 Å². The SMILES string of the molecule is CCc1ccc(OC(C)C(=O)NNC(=O)COc2ccccc2OC)cc1. The predicted molar refractivity (Wildman–Crippen MR) is 101 cm³/mol. The van der Waals surface area contributed by atoms with E-state index in [9.17, 15) is 9.59 Å². The Morgan fingerprint density at radius 3 is 2.30 bits per heavy atom. The smallest absolute Gasteiger partial charge is 0.279 e. The maximum atomic E-state index is 12.0. The molecule has 144 valence electrons. The first-order valence-corrected chi connectivity index (χ1v) is 8.63. The fourth-order valence-corrected chi connectivity index (χ4v) is 2.21. The zero-order chi connectivity index (χ0) is 19.6. The molecule has 2 aromatic carbocycles. The molecular formula is C20H24N2O5. The molecule has 0 saturated heterocycles. The van der Waals surface area contributed by atoms with E-state index in [0.717, 1.165) is 6.42 Å². The molecule has 0 saturated carbocycles. The summed E-state index contributed by atoms with van der Waals surface area (Å²) < 4.78 is 16.1. The third-order valence-corrected chi connectivity index (χ3v) is 3.77. The summed E-state index contributed by atoms with van der Waals surface area (Å²) in [5, 5.41) is 0. The molecule has 1 atom stereocenters. The molecular weight excluding hydrogens is 348 g/mol. The number of methoxy groups -OCH3 is 1. The number of aryl methyl sites for hydroxylation is 1. The predicted octanol–water partition coefficient (Wildman–Crippen LogP) is 2.25. The van der Waals surface area contributed by atoms with Gasteiger partial charge in [-0.2, -0.15) is 0 Å². The molecule has 7 nitrogen and oxygen atoms in total. The van der Waals surface area contributed by atoms with E-state index in [1.807, 2.05) is 24.3 Å². The van der Waals surface area contributed by atoms with Crippen LogP contribution in [0.1, 0.15) is 19.4 Å². The Labute approximate surface area is 158 Å². The van der Waals surface area contributed by atoms with Gasteiger partial charge < -0.3 is 14.2 Å². The molecule has 0 aromatic heterocycles. The van der Waals surface area contributed by atoms with Crippen LogP contribution in [0.5, 0.6) is 17.2 Å². The molecule has 2 N–H and O–H groups in total. The highest BCUT2D eigenvalue weighted by Gasteiger charge is 2.16. The van der Waals surface area contributed by atoms with Gasteiger partial charge in [0.05, 0.1) is 7.11 Å². The minimum atomic E-state index is -0.770. The standard InChI is InChI=1S/C20H24N2O5/c1-4-15-9-11-16(12-10-15)27-14(2)20(24)22-21-19(23)13-26-18-8-6-5-7-17(18)25-3/h5-12,14H,4,13H2,1-3H3,(H,21,23)(H,22,24). The lowest BCUT2D eigenvalue weighted by Crippen LogP contribution is -2.48. The fraction of sp³-hybridized carbons (Fsp3) is 0.300. The van der Waals surface area contributed by atoms with Gasteiger partial charge in [-0.1, -0.05) is 31.2 Å². The van der Waals surface area contributed by atoms with Crippen LogP contribution >= 0.6 is 0 Å². The Balaban J connectivity index is 1.75. The molecule has 0 bridgehead atoms. The van der Waals surface area contributed by atoms with Crippen molar-refractivity contribution in [2.45, 2.75) is 26.4 Å². The van der Waals surface area contributed by atoms with E-state index in [1.54, 1.807) is 31.2 Å². The summed E-state index contributed by atoms with van der Waals surface area (Å²) in [6.07, 6.45) is 0.159. The molecule has 0 radical (unpaired) electrons. The average molecular weight is 372 g/mol. The Bertz CT molecular complexity index is 761. The van der Waals surface area contributed by atoms with Gasteiger partial charge in [0.25, 0.3) is 11.8 Å². The monoisotopic (exact) mass is 372 g/mol. The summed E-state index contributed by atoms with van der Waals surface area (Å²) in [7, 11) is 1.51. The summed E-state index contributed by atoms with van der Waals surface area (Å²) in [4.78, 5) is 23.9. The zero-order valence-electron chi connectivity index (χ0n) is 15.7. The molecule has 0 aliphatic heterocycles. The normalized spacial score (nSPS) is 11.2. The number of para-hydroxylation sites is 2. The van der Waals surface area contributed by atoms with Gasteiger partial charge in [0.2, 0.25) is 0 Å².